The lowest BCUT2D eigenvalue weighted by Gasteiger charge is -2.28. The van der Waals surface area contributed by atoms with Crippen molar-refractivity contribution in [3.63, 3.8) is 0 Å². The molecule has 0 radical (unpaired) electrons. The summed E-state index contributed by atoms with van der Waals surface area (Å²) in [6.45, 7) is 0.548. The Bertz CT molecular complexity index is 1140. The van der Waals surface area contributed by atoms with Crippen molar-refractivity contribution in [3.05, 3.63) is 102 Å². The van der Waals surface area contributed by atoms with Gasteiger partial charge in [-0.15, -0.1) is 0 Å². The van der Waals surface area contributed by atoms with Gasteiger partial charge in [-0.25, -0.2) is 4.98 Å². The topological polar surface area (TPSA) is 59.1 Å². The minimum atomic E-state index is -0.116. The maximum absolute atomic E-state index is 6.04. The lowest BCUT2D eigenvalue weighted by atomic mass is 10.0. The lowest BCUT2D eigenvalue weighted by Crippen LogP contribution is -2.29. The highest BCUT2D eigenvalue weighted by Crippen LogP contribution is 2.40. The summed E-state index contributed by atoms with van der Waals surface area (Å²) in [6, 6.07) is 17.3. The Kier molecular flexibility index (Phi) is 4.98. The molecular formula is C22H18ClN5OS. The molecule has 2 atom stereocenters. The summed E-state index contributed by atoms with van der Waals surface area (Å²) in [7, 11) is 0. The van der Waals surface area contributed by atoms with Crippen LogP contribution < -0.4 is 5.32 Å². The Morgan fingerprint density at radius 3 is 2.73 bits per heavy atom. The van der Waals surface area contributed by atoms with Gasteiger partial charge in [-0.05, 0) is 60.7 Å². The number of rotatable bonds is 5. The van der Waals surface area contributed by atoms with Crippen LogP contribution in [0.5, 0.6) is 0 Å². The largest absolute Gasteiger partial charge is 0.467 e. The highest BCUT2D eigenvalue weighted by atomic mass is 35.5. The predicted molar refractivity (Wildman–Crippen MR) is 118 cm³/mol. The van der Waals surface area contributed by atoms with E-state index in [1.165, 1.54) is 0 Å². The highest BCUT2D eigenvalue weighted by Gasteiger charge is 2.41. The molecule has 5 heterocycles. The van der Waals surface area contributed by atoms with E-state index in [2.05, 4.69) is 30.8 Å². The van der Waals surface area contributed by atoms with E-state index in [1.807, 2.05) is 54.7 Å². The van der Waals surface area contributed by atoms with Crippen molar-refractivity contribution in [2.75, 3.05) is 0 Å². The maximum Gasteiger partial charge on any atom is 0.170 e. The van der Waals surface area contributed by atoms with Gasteiger partial charge in [0, 0.05) is 24.3 Å². The highest BCUT2D eigenvalue weighted by molar-refractivity contribution is 7.80. The summed E-state index contributed by atoms with van der Waals surface area (Å²) >= 11 is 11.8. The van der Waals surface area contributed by atoms with E-state index >= 15 is 0 Å². The molecule has 0 amide bonds. The van der Waals surface area contributed by atoms with Gasteiger partial charge in [0.2, 0.25) is 0 Å². The Morgan fingerprint density at radius 2 is 2.00 bits per heavy atom. The minimum Gasteiger partial charge on any atom is -0.467 e. The molecule has 0 spiro atoms. The molecule has 0 bridgehead atoms. The first-order valence-corrected chi connectivity index (χ1v) is 10.3. The van der Waals surface area contributed by atoms with Crippen LogP contribution in [0, 0.1) is 0 Å². The van der Waals surface area contributed by atoms with Crippen molar-refractivity contribution in [1.82, 2.24) is 24.8 Å². The quantitative estimate of drug-likeness (QED) is 0.459. The van der Waals surface area contributed by atoms with Crippen LogP contribution in [-0.4, -0.2) is 24.5 Å². The van der Waals surface area contributed by atoms with Gasteiger partial charge in [0.1, 0.15) is 11.6 Å². The van der Waals surface area contributed by atoms with Crippen LogP contribution in [-0.2, 0) is 6.54 Å². The second-order valence-corrected chi connectivity index (χ2v) is 7.79. The third-order valence-corrected chi connectivity index (χ3v) is 5.72. The Hall–Kier alpha value is -3.16. The number of thiocarbonyl (C=S) groups is 1. The molecule has 30 heavy (non-hydrogen) atoms. The van der Waals surface area contributed by atoms with E-state index in [0.29, 0.717) is 16.7 Å². The molecule has 0 aromatic carbocycles. The van der Waals surface area contributed by atoms with E-state index in [0.717, 1.165) is 23.0 Å². The summed E-state index contributed by atoms with van der Waals surface area (Å²) in [5.74, 6) is 1.63. The van der Waals surface area contributed by atoms with Crippen molar-refractivity contribution in [3.8, 4) is 5.82 Å². The first-order chi connectivity index (χ1) is 14.7. The van der Waals surface area contributed by atoms with Crippen LogP contribution in [0.3, 0.4) is 0 Å². The molecule has 0 aliphatic carbocycles. The number of nitrogens with one attached hydrogen (secondary N) is 1. The molecule has 4 aromatic heterocycles. The van der Waals surface area contributed by atoms with Crippen molar-refractivity contribution in [1.29, 1.82) is 0 Å². The van der Waals surface area contributed by atoms with Crippen LogP contribution in [0.4, 0.5) is 0 Å². The maximum atomic E-state index is 6.04. The number of aromatic nitrogens is 3. The van der Waals surface area contributed by atoms with Gasteiger partial charge in [-0.2, -0.15) is 0 Å². The molecule has 1 fully saturated rings. The van der Waals surface area contributed by atoms with E-state index in [4.69, 9.17) is 28.2 Å². The zero-order valence-electron chi connectivity index (χ0n) is 15.9. The van der Waals surface area contributed by atoms with Crippen LogP contribution >= 0.6 is 23.8 Å². The molecule has 5 rings (SSSR count). The van der Waals surface area contributed by atoms with Crippen LogP contribution in [0.2, 0.25) is 5.02 Å². The number of hydrogen-bond donors (Lipinski definition) is 1. The number of furan rings is 1. The standard InChI is InChI=1S/C22H18ClN5OS/c23-15-8-9-19(25-13-15)27-11-3-7-18(27)21-20(17-6-1-2-10-24-17)26-22(30)28(21)14-16-5-4-12-29-16/h1-13,20-21H,14H2,(H,26,30)/t20-,21+/m1/s1. The van der Waals surface area contributed by atoms with Gasteiger partial charge >= 0.3 is 0 Å². The molecule has 0 unspecified atom stereocenters. The Morgan fingerprint density at radius 1 is 1.07 bits per heavy atom. The van der Waals surface area contributed by atoms with Crippen molar-refractivity contribution in [2.45, 2.75) is 18.6 Å². The molecule has 0 saturated carbocycles. The van der Waals surface area contributed by atoms with Gasteiger partial charge in [-0.1, -0.05) is 17.7 Å². The summed E-state index contributed by atoms with van der Waals surface area (Å²) in [4.78, 5) is 11.2. The zero-order valence-corrected chi connectivity index (χ0v) is 17.4. The molecule has 1 aliphatic heterocycles. The van der Waals surface area contributed by atoms with Gasteiger partial charge in [0.15, 0.2) is 5.11 Å². The molecule has 1 N–H and O–H groups in total. The van der Waals surface area contributed by atoms with Gasteiger partial charge in [-0.3, -0.25) is 4.98 Å². The Balaban J connectivity index is 1.60. The SMILES string of the molecule is S=C1N[C@H](c2ccccn2)[C@H](c2cccn2-c2ccc(Cl)cn2)N1Cc1ccco1. The van der Waals surface area contributed by atoms with Crippen molar-refractivity contribution < 1.29 is 4.42 Å². The van der Waals surface area contributed by atoms with Crippen LogP contribution in [0.15, 0.2) is 83.9 Å². The fraction of sp³-hybridized carbons (Fsp3) is 0.136. The van der Waals surface area contributed by atoms with E-state index in [9.17, 15) is 0 Å². The van der Waals surface area contributed by atoms with E-state index in [-0.39, 0.29) is 12.1 Å². The van der Waals surface area contributed by atoms with Crippen LogP contribution in [0.1, 0.15) is 29.2 Å². The normalized spacial score (nSPS) is 18.6. The lowest BCUT2D eigenvalue weighted by molar-refractivity contribution is 0.280. The molecule has 1 saturated heterocycles. The van der Waals surface area contributed by atoms with Gasteiger partial charge in [0.05, 0.1) is 35.6 Å². The fourth-order valence-corrected chi connectivity index (χ4v) is 4.24. The first-order valence-electron chi connectivity index (χ1n) is 9.50. The minimum absolute atomic E-state index is 0.107. The van der Waals surface area contributed by atoms with Gasteiger partial charge in [0.25, 0.3) is 0 Å². The average Bonchev–Trinajstić information content (AvgIpc) is 3.51. The number of halogens is 1. The summed E-state index contributed by atoms with van der Waals surface area (Å²) in [5, 5.41) is 4.71. The van der Waals surface area contributed by atoms with E-state index < -0.39 is 0 Å². The molecular weight excluding hydrogens is 418 g/mol. The molecule has 150 valence electrons. The molecule has 8 heteroatoms. The smallest absolute Gasteiger partial charge is 0.170 e. The van der Waals surface area contributed by atoms with Gasteiger partial charge < -0.3 is 19.2 Å². The second kappa shape index (κ2) is 7.93. The summed E-state index contributed by atoms with van der Waals surface area (Å²) in [6.07, 6.45) is 7.11. The predicted octanol–water partition coefficient (Wildman–Crippen LogP) is 4.69. The molecule has 1 aliphatic rings. The number of hydrogen-bond acceptors (Lipinski definition) is 4. The van der Waals surface area contributed by atoms with Crippen molar-refractivity contribution in [2.24, 2.45) is 0 Å². The fourth-order valence-electron chi connectivity index (χ4n) is 3.82. The Labute approximate surface area is 184 Å². The zero-order chi connectivity index (χ0) is 20.5. The average molecular weight is 436 g/mol. The van der Waals surface area contributed by atoms with E-state index in [1.54, 1.807) is 18.7 Å². The van der Waals surface area contributed by atoms with Crippen molar-refractivity contribution >= 4 is 28.9 Å². The summed E-state index contributed by atoms with van der Waals surface area (Å²) < 4.78 is 7.66. The summed E-state index contributed by atoms with van der Waals surface area (Å²) in [5.41, 5.74) is 1.96. The number of nitrogens with zero attached hydrogens (tertiary/aromatic N) is 4. The third-order valence-electron chi connectivity index (χ3n) is 5.15. The third kappa shape index (κ3) is 3.46. The first kappa shape index (κ1) is 18.8. The number of pyridine rings is 2. The monoisotopic (exact) mass is 435 g/mol. The molecule has 4 aromatic rings. The molecule has 6 nitrogen and oxygen atoms in total. The second-order valence-electron chi connectivity index (χ2n) is 6.97. The van der Waals surface area contributed by atoms with Crippen LogP contribution in [0.25, 0.3) is 5.82 Å².